The molecule has 0 aliphatic heterocycles. The average Bonchev–Trinajstić information content (AvgIpc) is 2.72. The molecule has 0 saturated carbocycles. The molecular weight excluding hydrogens is 373 g/mol. The fourth-order valence-corrected chi connectivity index (χ4v) is 3.33. The summed E-state index contributed by atoms with van der Waals surface area (Å²) in [5, 5.41) is 6.50. The first-order chi connectivity index (χ1) is 13.7. The molecular formula is C24H19ClFNO. The number of rotatable bonds is 6. The summed E-state index contributed by atoms with van der Waals surface area (Å²) in [5.41, 5.74) is 2.93. The van der Waals surface area contributed by atoms with Gasteiger partial charge in [0.25, 0.3) is 0 Å². The highest BCUT2D eigenvalue weighted by molar-refractivity contribution is 6.30. The minimum atomic E-state index is -0.254. The van der Waals surface area contributed by atoms with Gasteiger partial charge >= 0.3 is 0 Å². The first-order valence-corrected chi connectivity index (χ1v) is 9.44. The van der Waals surface area contributed by atoms with Crippen LogP contribution in [0.2, 0.25) is 5.02 Å². The molecule has 4 aromatic carbocycles. The summed E-state index contributed by atoms with van der Waals surface area (Å²) in [6.45, 7) is 0.941. The van der Waals surface area contributed by atoms with E-state index < -0.39 is 0 Å². The van der Waals surface area contributed by atoms with Crippen molar-refractivity contribution in [3.8, 4) is 5.75 Å². The van der Waals surface area contributed by atoms with Crippen molar-refractivity contribution in [2.24, 2.45) is 0 Å². The Morgan fingerprint density at radius 2 is 1.64 bits per heavy atom. The van der Waals surface area contributed by atoms with Crippen LogP contribution in [0.5, 0.6) is 5.75 Å². The molecule has 4 heteroatoms. The van der Waals surface area contributed by atoms with Crippen LogP contribution in [-0.2, 0) is 13.2 Å². The van der Waals surface area contributed by atoms with Crippen LogP contribution in [0.4, 0.5) is 10.1 Å². The first kappa shape index (κ1) is 18.3. The van der Waals surface area contributed by atoms with Gasteiger partial charge < -0.3 is 10.1 Å². The van der Waals surface area contributed by atoms with E-state index in [-0.39, 0.29) is 5.82 Å². The van der Waals surface area contributed by atoms with E-state index in [0.29, 0.717) is 18.2 Å². The number of hydrogen-bond acceptors (Lipinski definition) is 2. The smallest absolute Gasteiger partial charge is 0.124 e. The van der Waals surface area contributed by atoms with Crippen molar-refractivity contribution in [2.45, 2.75) is 13.2 Å². The number of hydrogen-bond donors (Lipinski definition) is 1. The molecule has 0 aliphatic rings. The topological polar surface area (TPSA) is 21.3 Å². The maximum absolute atomic E-state index is 13.1. The van der Waals surface area contributed by atoms with Gasteiger partial charge in [0.15, 0.2) is 0 Å². The number of fused-ring (bicyclic) bond motifs is 1. The summed E-state index contributed by atoms with van der Waals surface area (Å²) in [7, 11) is 0. The lowest BCUT2D eigenvalue weighted by atomic mass is 10.1. The number of benzene rings is 4. The second-order valence-corrected chi connectivity index (χ2v) is 6.98. The van der Waals surface area contributed by atoms with Crippen LogP contribution in [0.15, 0.2) is 84.9 Å². The lowest BCUT2D eigenvalue weighted by Crippen LogP contribution is -2.04. The zero-order chi connectivity index (χ0) is 19.3. The van der Waals surface area contributed by atoms with Crippen LogP contribution in [0, 0.1) is 5.82 Å². The molecule has 0 bridgehead atoms. The minimum Gasteiger partial charge on any atom is -0.489 e. The molecule has 0 amide bonds. The van der Waals surface area contributed by atoms with E-state index in [0.717, 1.165) is 22.6 Å². The molecule has 1 N–H and O–H groups in total. The van der Waals surface area contributed by atoms with Gasteiger partial charge in [0, 0.05) is 28.2 Å². The van der Waals surface area contributed by atoms with Gasteiger partial charge in [0.2, 0.25) is 0 Å². The van der Waals surface area contributed by atoms with Crippen molar-refractivity contribution in [3.63, 3.8) is 0 Å². The SMILES string of the molecule is Fc1ccc(COc2ccc(Cl)cc2CNc2cccc3ccccc23)cc1. The molecule has 140 valence electrons. The summed E-state index contributed by atoms with van der Waals surface area (Å²) in [4.78, 5) is 0. The number of ether oxygens (including phenoxy) is 1. The van der Waals surface area contributed by atoms with E-state index in [4.69, 9.17) is 16.3 Å². The predicted octanol–water partition coefficient (Wildman–Crippen LogP) is 6.82. The third-order valence-electron chi connectivity index (χ3n) is 4.59. The summed E-state index contributed by atoms with van der Waals surface area (Å²) in [6, 6.07) is 26.3. The number of halogens is 2. The summed E-state index contributed by atoms with van der Waals surface area (Å²) in [6.07, 6.45) is 0. The Kier molecular flexibility index (Phi) is 5.45. The zero-order valence-corrected chi connectivity index (χ0v) is 15.9. The molecule has 4 aromatic rings. The Labute approximate surface area is 168 Å². The molecule has 0 radical (unpaired) electrons. The molecule has 4 rings (SSSR count). The van der Waals surface area contributed by atoms with Gasteiger partial charge in [0.1, 0.15) is 18.2 Å². The van der Waals surface area contributed by atoms with Crippen molar-refractivity contribution in [1.29, 1.82) is 0 Å². The fourth-order valence-electron chi connectivity index (χ4n) is 3.14. The lowest BCUT2D eigenvalue weighted by Gasteiger charge is -2.15. The molecule has 0 fully saturated rings. The molecule has 0 heterocycles. The zero-order valence-electron chi connectivity index (χ0n) is 15.2. The summed E-state index contributed by atoms with van der Waals surface area (Å²) in [5.74, 6) is 0.497. The molecule has 0 spiro atoms. The van der Waals surface area contributed by atoms with Gasteiger partial charge in [-0.3, -0.25) is 0 Å². The highest BCUT2D eigenvalue weighted by atomic mass is 35.5. The monoisotopic (exact) mass is 391 g/mol. The van der Waals surface area contributed by atoms with Crippen molar-refractivity contribution in [1.82, 2.24) is 0 Å². The standard InChI is InChI=1S/C24H19ClFNO/c25-20-10-13-24(28-16-17-8-11-21(26)12-9-17)19(14-20)15-27-23-7-3-5-18-4-1-2-6-22(18)23/h1-14,27H,15-16H2. The third-order valence-corrected chi connectivity index (χ3v) is 4.82. The van der Waals surface area contributed by atoms with E-state index in [2.05, 4.69) is 29.6 Å². The molecule has 0 aliphatic carbocycles. The Morgan fingerprint density at radius 3 is 2.50 bits per heavy atom. The normalized spacial score (nSPS) is 10.8. The molecule has 0 aromatic heterocycles. The molecule has 0 saturated heterocycles. The molecule has 0 atom stereocenters. The van der Waals surface area contributed by atoms with Crippen molar-refractivity contribution >= 4 is 28.1 Å². The van der Waals surface area contributed by atoms with Crippen LogP contribution in [0.1, 0.15) is 11.1 Å². The Bertz CT molecular complexity index is 1090. The first-order valence-electron chi connectivity index (χ1n) is 9.06. The van der Waals surface area contributed by atoms with Crippen LogP contribution in [-0.4, -0.2) is 0 Å². The predicted molar refractivity (Wildman–Crippen MR) is 113 cm³/mol. The van der Waals surface area contributed by atoms with E-state index in [1.807, 2.05) is 36.4 Å². The van der Waals surface area contributed by atoms with Crippen molar-refractivity contribution in [3.05, 3.63) is 107 Å². The van der Waals surface area contributed by atoms with E-state index >= 15 is 0 Å². The van der Waals surface area contributed by atoms with Gasteiger partial charge in [-0.1, -0.05) is 60.1 Å². The van der Waals surface area contributed by atoms with Gasteiger partial charge in [0.05, 0.1) is 0 Å². The van der Waals surface area contributed by atoms with Crippen molar-refractivity contribution in [2.75, 3.05) is 5.32 Å². The molecule has 0 unspecified atom stereocenters. The van der Waals surface area contributed by atoms with Crippen LogP contribution >= 0.6 is 11.6 Å². The minimum absolute atomic E-state index is 0.254. The van der Waals surface area contributed by atoms with Crippen LogP contribution in [0.3, 0.4) is 0 Å². The Balaban J connectivity index is 1.52. The van der Waals surface area contributed by atoms with E-state index in [9.17, 15) is 4.39 Å². The highest BCUT2D eigenvalue weighted by Gasteiger charge is 2.07. The van der Waals surface area contributed by atoms with E-state index in [1.54, 1.807) is 12.1 Å². The van der Waals surface area contributed by atoms with Gasteiger partial charge in [-0.05, 0) is 47.3 Å². The van der Waals surface area contributed by atoms with Gasteiger partial charge in [-0.25, -0.2) is 4.39 Å². The quantitative estimate of drug-likeness (QED) is 0.389. The maximum atomic E-state index is 13.1. The second kappa shape index (κ2) is 8.32. The number of anilines is 1. The van der Waals surface area contributed by atoms with E-state index in [1.165, 1.54) is 22.9 Å². The maximum Gasteiger partial charge on any atom is 0.124 e. The summed E-state index contributed by atoms with van der Waals surface area (Å²) < 4.78 is 19.0. The average molecular weight is 392 g/mol. The summed E-state index contributed by atoms with van der Waals surface area (Å²) >= 11 is 6.20. The number of nitrogens with one attached hydrogen (secondary N) is 1. The Hall–Kier alpha value is -3.04. The van der Waals surface area contributed by atoms with Gasteiger partial charge in [-0.2, -0.15) is 0 Å². The third kappa shape index (κ3) is 4.26. The lowest BCUT2D eigenvalue weighted by molar-refractivity contribution is 0.303. The van der Waals surface area contributed by atoms with Crippen LogP contribution in [0.25, 0.3) is 10.8 Å². The largest absolute Gasteiger partial charge is 0.489 e. The molecule has 2 nitrogen and oxygen atoms in total. The fraction of sp³-hybridized carbons (Fsp3) is 0.0833. The van der Waals surface area contributed by atoms with Crippen LogP contribution < -0.4 is 10.1 Å². The van der Waals surface area contributed by atoms with Crippen molar-refractivity contribution < 1.29 is 9.13 Å². The second-order valence-electron chi connectivity index (χ2n) is 6.55. The van der Waals surface area contributed by atoms with Gasteiger partial charge in [-0.15, -0.1) is 0 Å². The molecule has 28 heavy (non-hydrogen) atoms. The Morgan fingerprint density at radius 1 is 0.857 bits per heavy atom. The highest BCUT2D eigenvalue weighted by Crippen LogP contribution is 2.27.